The van der Waals surface area contributed by atoms with E-state index in [1.807, 2.05) is 6.92 Å². The molecule has 0 heterocycles. The summed E-state index contributed by atoms with van der Waals surface area (Å²) in [6, 6.07) is 4.34. The average molecular weight is 266 g/mol. The van der Waals surface area contributed by atoms with Crippen LogP contribution in [0.4, 0.5) is 11.4 Å². The summed E-state index contributed by atoms with van der Waals surface area (Å²) in [6.45, 7) is 3.70. The first-order valence-electron chi connectivity index (χ1n) is 6.02. The Balaban J connectivity index is 3.22. The van der Waals surface area contributed by atoms with Gasteiger partial charge in [0.25, 0.3) is 5.69 Å². The van der Waals surface area contributed by atoms with E-state index in [0.717, 1.165) is 0 Å². The molecule has 1 unspecified atom stereocenters. The normalized spacial score (nSPS) is 11.8. The van der Waals surface area contributed by atoms with Crippen molar-refractivity contribution in [3.8, 4) is 5.75 Å². The molecule has 1 atom stereocenters. The van der Waals surface area contributed by atoms with E-state index in [1.165, 1.54) is 37.3 Å². The number of hydrogen-bond acceptors (Lipinski definition) is 4. The smallest absolute Gasteiger partial charge is 0.293 e. The number of anilines is 1. The Morgan fingerprint density at radius 3 is 2.63 bits per heavy atom. The van der Waals surface area contributed by atoms with Crippen LogP contribution in [-0.2, 0) is 4.79 Å². The van der Waals surface area contributed by atoms with Crippen molar-refractivity contribution >= 4 is 17.3 Å². The molecule has 1 aromatic carbocycles. The number of nitrogens with zero attached hydrogens (tertiary/aromatic N) is 2. The van der Waals surface area contributed by atoms with Crippen molar-refractivity contribution in [1.29, 1.82) is 0 Å². The fraction of sp³-hybridized carbons (Fsp3) is 0.462. The Bertz CT molecular complexity index is 488. The van der Waals surface area contributed by atoms with E-state index in [4.69, 9.17) is 4.74 Å². The van der Waals surface area contributed by atoms with E-state index in [0.29, 0.717) is 12.2 Å². The Morgan fingerprint density at radius 1 is 1.53 bits per heavy atom. The summed E-state index contributed by atoms with van der Waals surface area (Å²) in [7, 11) is 3.01. The summed E-state index contributed by atoms with van der Waals surface area (Å²) in [5.41, 5.74) is 0.134. The van der Waals surface area contributed by atoms with Gasteiger partial charge >= 0.3 is 0 Å². The number of amides is 1. The zero-order chi connectivity index (χ0) is 14.6. The van der Waals surface area contributed by atoms with Gasteiger partial charge in [0.05, 0.1) is 12.0 Å². The van der Waals surface area contributed by atoms with Gasteiger partial charge in [-0.15, -0.1) is 0 Å². The molecule has 0 radical (unpaired) electrons. The molecule has 0 saturated heterocycles. The molecule has 0 fully saturated rings. The molecule has 6 heteroatoms. The van der Waals surface area contributed by atoms with E-state index >= 15 is 0 Å². The number of ether oxygens (including phenoxy) is 1. The number of rotatable bonds is 5. The van der Waals surface area contributed by atoms with Crippen molar-refractivity contribution in [3.05, 3.63) is 28.3 Å². The lowest BCUT2D eigenvalue weighted by Gasteiger charge is -2.21. The lowest BCUT2D eigenvalue weighted by Crippen LogP contribution is -2.31. The third-order valence-electron chi connectivity index (χ3n) is 3.11. The van der Waals surface area contributed by atoms with Crippen molar-refractivity contribution in [2.24, 2.45) is 5.92 Å². The van der Waals surface area contributed by atoms with Gasteiger partial charge in [-0.2, -0.15) is 0 Å². The van der Waals surface area contributed by atoms with Gasteiger partial charge in [0.15, 0.2) is 0 Å². The summed E-state index contributed by atoms with van der Waals surface area (Å²) in [5, 5.41) is 11.0. The zero-order valence-electron chi connectivity index (χ0n) is 11.5. The first-order chi connectivity index (χ1) is 8.92. The number of carbonyl (C=O) groups is 1. The third kappa shape index (κ3) is 3.21. The molecule has 1 rings (SSSR count). The highest BCUT2D eigenvalue weighted by molar-refractivity contribution is 5.96. The molecule has 19 heavy (non-hydrogen) atoms. The molecule has 0 aliphatic carbocycles. The van der Waals surface area contributed by atoms with E-state index in [9.17, 15) is 14.9 Å². The monoisotopic (exact) mass is 266 g/mol. The topological polar surface area (TPSA) is 72.7 Å². The average Bonchev–Trinajstić information content (AvgIpc) is 2.43. The Morgan fingerprint density at radius 2 is 2.16 bits per heavy atom. The first-order valence-corrected chi connectivity index (χ1v) is 6.02. The van der Waals surface area contributed by atoms with Gasteiger partial charge in [-0.3, -0.25) is 14.9 Å². The second-order valence-corrected chi connectivity index (χ2v) is 4.32. The summed E-state index contributed by atoms with van der Waals surface area (Å²) >= 11 is 0. The van der Waals surface area contributed by atoms with Crippen LogP contribution in [0.15, 0.2) is 18.2 Å². The van der Waals surface area contributed by atoms with Crippen LogP contribution in [0.3, 0.4) is 0 Å². The molecule has 0 aliphatic heterocycles. The van der Waals surface area contributed by atoms with Gasteiger partial charge < -0.3 is 9.64 Å². The van der Waals surface area contributed by atoms with Gasteiger partial charge in [-0.1, -0.05) is 13.8 Å². The highest BCUT2D eigenvalue weighted by Crippen LogP contribution is 2.32. The number of methoxy groups -OCH3 is 1. The SMILES string of the molecule is CCC(C)C(=O)N(C)c1cc(OC)ccc1[N+](=O)[O-]. The highest BCUT2D eigenvalue weighted by Gasteiger charge is 2.24. The molecule has 104 valence electrons. The Hall–Kier alpha value is -2.11. The fourth-order valence-electron chi connectivity index (χ4n) is 1.68. The maximum atomic E-state index is 12.1. The van der Waals surface area contributed by atoms with Crippen LogP contribution >= 0.6 is 0 Å². The van der Waals surface area contributed by atoms with Gasteiger partial charge in [-0.25, -0.2) is 0 Å². The number of carbonyl (C=O) groups excluding carboxylic acids is 1. The highest BCUT2D eigenvalue weighted by atomic mass is 16.6. The second-order valence-electron chi connectivity index (χ2n) is 4.32. The van der Waals surface area contributed by atoms with Gasteiger partial charge in [0.1, 0.15) is 11.4 Å². The Kier molecular flexibility index (Phi) is 4.86. The number of benzene rings is 1. The molecular formula is C13H18N2O4. The lowest BCUT2D eigenvalue weighted by molar-refractivity contribution is -0.384. The molecule has 1 aromatic rings. The molecular weight excluding hydrogens is 248 g/mol. The van der Waals surface area contributed by atoms with Crippen LogP contribution in [-0.4, -0.2) is 25.0 Å². The third-order valence-corrected chi connectivity index (χ3v) is 3.11. The van der Waals surface area contributed by atoms with Crippen LogP contribution < -0.4 is 9.64 Å². The molecule has 0 bridgehead atoms. The summed E-state index contributed by atoms with van der Waals surface area (Å²) in [4.78, 5) is 23.9. The van der Waals surface area contributed by atoms with Crippen molar-refractivity contribution < 1.29 is 14.5 Å². The van der Waals surface area contributed by atoms with Crippen LogP contribution in [0, 0.1) is 16.0 Å². The first kappa shape index (κ1) is 14.9. The standard InChI is InChI=1S/C13H18N2O4/c1-5-9(2)13(16)14(3)12-8-10(19-4)6-7-11(12)15(17)18/h6-9H,5H2,1-4H3. The summed E-state index contributed by atoms with van der Waals surface area (Å²) in [5.74, 6) is 0.138. The minimum atomic E-state index is -0.505. The number of nitro groups is 1. The predicted octanol–water partition coefficient (Wildman–Crippen LogP) is 2.61. The minimum Gasteiger partial charge on any atom is -0.497 e. The van der Waals surface area contributed by atoms with E-state index in [2.05, 4.69) is 0 Å². The Labute approximate surface area is 112 Å². The van der Waals surface area contributed by atoms with Crippen LogP contribution in [0.2, 0.25) is 0 Å². The molecule has 0 aromatic heterocycles. The molecule has 0 aliphatic rings. The molecule has 0 N–H and O–H groups in total. The maximum Gasteiger partial charge on any atom is 0.293 e. The predicted molar refractivity (Wildman–Crippen MR) is 72.5 cm³/mol. The van der Waals surface area contributed by atoms with Crippen LogP contribution in [0.5, 0.6) is 5.75 Å². The number of nitro benzene ring substituents is 1. The minimum absolute atomic E-state index is 0.111. The molecule has 0 spiro atoms. The summed E-state index contributed by atoms with van der Waals surface area (Å²) < 4.78 is 5.05. The van der Waals surface area contributed by atoms with Gasteiger partial charge in [0, 0.05) is 25.1 Å². The number of hydrogen-bond donors (Lipinski definition) is 0. The largest absolute Gasteiger partial charge is 0.497 e. The van der Waals surface area contributed by atoms with Crippen molar-refractivity contribution in [3.63, 3.8) is 0 Å². The summed E-state index contributed by atoms with van der Waals surface area (Å²) in [6.07, 6.45) is 0.681. The van der Waals surface area contributed by atoms with E-state index in [1.54, 1.807) is 6.92 Å². The fourth-order valence-corrected chi connectivity index (χ4v) is 1.68. The van der Waals surface area contributed by atoms with Crippen molar-refractivity contribution in [2.75, 3.05) is 19.1 Å². The van der Waals surface area contributed by atoms with E-state index in [-0.39, 0.29) is 23.2 Å². The second kappa shape index (κ2) is 6.17. The van der Waals surface area contributed by atoms with Crippen LogP contribution in [0.1, 0.15) is 20.3 Å². The molecule has 1 amide bonds. The van der Waals surface area contributed by atoms with E-state index < -0.39 is 4.92 Å². The quantitative estimate of drug-likeness (QED) is 0.606. The van der Waals surface area contributed by atoms with Crippen molar-refractivity contribution in [2.45, 2.75) is 20.3 Å². The molecule has 0 saturated carbocycles. The molecule has 6 nitrogen and oxygen atoms in total. The maximum absolute atomic E-state index is 12.1. The van der Waals surface area contributed by atoms with Gasteiger partial charge in [-0.05, 0) is 12.5 Å². The lowest BCUT2D eigenvalue weighted by atomic mass is 10.1. The van der Waals surface area contributed by atoms with Crippen LogP contribution in [0.25, 0.3) is 0 Å². The van der Waals surface area contributed by atoms with Gasteiger partial charge in [0.2, 0.25) is 5.91 Å². The zero-order valence-corrected chi connectivity index (χ0v) is 11.5. The van der Waals surface area contributed by atoms with Crippen molar-refractivity contribution in [1.82, 2.24) is 0 Å².